The van der Waals surface area contributed by atoms with Gasteiger partial charge >= 0.3 is 0 Å². The molecule has 1 aromatic heterocycles. The molecule has 0 saturated carbocycles. The first-order chi connectivity index (χ1) is 15.9. The minimum absolute atomic E-state index is 0.0793. The Kier molecular flexibility index (Phi) is 6.75. The standard InChI is InChI=1S/C26H25ClN4O2/c1-3-31-23-7-5-4-6-21(23)22-16-20(12-13-24(22)31)28-25(32)14-17(2)29-30-26(33)15-18-8-10-19(27)11-9-18/h4-13,16H,3,14-15H2,1-2H3,(H,28,32)(H,30,33). The lowest BCUT2D eigenvalue weighted by Gasteiger charge is -2.07. The third kappa shape index (κ3) is 5.23. The van der Waals surface area contributed by atoms with Crippen molar-refractivity contribution in [1.29, 1.82) is 0 Å². The Morgan fingerprint density at radius 3 is 2.42 bits per heavy atom. The zero-order chi connectivity index (χ0) is 23.4. The van der Waals surface area contributed by atoms with Crippen LogP contribution in [-0.4, -0.2) is 22.1 Å². The van der Waals surface area contributed by atoms with Crippen LogP contribution in [0.4, 0.5) is 5.69 Å². The maximum Gasteiger partial charge on any atom is 0.244 e. The van der Waals surface area contributed by atoms with E-state index in [1.165, 1.54) is 5.52 Å². The fourth-order valence-corrected chi connectivity index (χ4v) is 4.06. The Hall–Kier alpha value is -3.64. The zero-order valence-electron chi connectivity index (χ0n) is 18.6. The number of benzene rings is 3. The van der Waals surface area contributed by atoms with Crippen LogP contribution in [0.2, 0.25) is 5.02 Å². The minimum atomic E-state index is -0.255. The third-order valence-corrected chi connectivity index (χ3v) is 5.69. The highest BCUT2D eigenvalue weighted by Crippen LogP contribution is 2.31. The van der Waals surface area contributed by atoms with Gasteiger partial charge in [0, 0.05) is 44.8 Å². The lowest BCUT2D eigenvalue weighted by molar-refractivity contribution is -0.120. The SMILES string of the molecule is CCn1c2ccccc2c2cc(NC(=O)CC(C)=NNC(=O)Cc3ccc(Cl)cc3)ccc21. The van der Waals surface area contributed by atoms with Crippen molar-refractivity contribution in [2.24, 2.45) is 5.10 Å². The maximum absolute atomic E-state index is 12.5. The quantitative estimate of drug-likeness (QED) is 0.281. The van der Waals surface area contributed by atoms with E-state index in [2.05, 4.69) is 39.5 Å². The average molecular weight is 461 g/mol. The van der Waals surface area contributed by atoms with Crippen LogP contribution < -0.4 is 10.7 Å². The summed E-state index contributed by atoms with van der Waals surface area (Å²) in [5, 5.41) is 9.87. The van der Waals surface area contributed by atoms with Crippen molar-refractivity contribution in [3.63, 3.8) is 0 Å². The molecule has 2 amide bonds. The number of aromatic nitrogens is 1. The van der Waals surface area contributed by atoms with Crippen LogP contribution >= 0.6 is 11.6 Å². The summed E-state index contributed by atoms with van der Waals surface area (Å²) in [6.07, 6.45) is 0.265. The number of carbonyl (C=O) groups excluding carboxylic acids is 2. The topological polar surface area (TPSA) is 75.5 Å². The summed E-state index contributed by atoms with van der Waals surface area (Å²) in [5.41, 5.74) is 6.89. The highest BCUT2D eigenvalue weighted by molar-refractivity contribution is 6.30. The van der Waals surface area contributed by atoms with E-state index in [9.17, 15) is 9.59 Å². The van der Waals surface area contributed by atoms with Gasteiger partial charge in [0.05, 0.1) is 12.8 Å². The molecule has 0 aliphatic heterocycles. The van der Waals surface area contributed by atoms with E-state index in [0.717, 1.165) is 34.1 Å². The van der Waals surface area contributed by atoms with Crippen molar-refractivity contribution in [2.75, 3.05) is 5.32 Å². The molecule has 0 atom stereocenters. The molecule has 0 radical (unpaired) electrons. The summed E-state index contributed by atoms with van der Waals surface area (Å²) < 4.78 is 2.26. The van der Waals surface area contributed by atoms with E-state index >= 15 is 0 Å². The number of nitrogens with one attached hydrogen (secondary N) is 2. The van der Waals surface area contributed by atoms with Crippen LogP contribution in [-0.2, 0) is 22.6 Å². The third-order valence-electron chi connectivity index (χ3n) is 5.44. The van der Waals surface area contributed by atoms with Gasteiger partial charge in [0.25, 0.3) is 0 Å². The molecule has 33 heavy (non-hydrogen) atoms. The van der Waals surface area contributed by atoms with Gasteiger partial charge in [0.15, 0.2) is 0 Å². The Labute approximate surface area is 197 Å². The second kappa shape index (κ2) is 9.88. The molecule has 0 bridgehead atoms. The molecule has 3 aromatic carbocycles. The van der Waals surface area contributed by atoms with Crippen LogP contribution in [0.3, 0.4) is 0 Å². The monoisotopic (exact) mass is 460 g/mol. The van der Waals surface area contributed by atoms with Crippen molar-refractivity contribution >= 4 is 56.6 Å². The number of carbonyl (C=O) groups is 2. The normalized spacial score (nSPS) is 11.7. The number of hydrazone groups is 1. The second-order valence-corrected chi connectivity index (χ2v) is 8.34. The molecule has 6 nitrogen and oxygen atoms in total. The van der Waals surface area contributed by atoms with Gasteiger partial charge in [-0.1, -0.05) is 41.9 Å². The lowest BCUT2D eigenvalue weighted by Crippen LogP contribution is -2.22. The molecule has 0 saturated heterocycles. The smallest absolute Gasteiger partial charge is 0.244 e. The highest BCUT2D eigenvalue weighted by atomic mass is 35.5. The summed E-state index contributed by atoms with van der Waals surface area (Å²) in [6, 6.07) is 21.3. The van der Waals surface area contributed by atoms with Crippen molar-refractivity contribution in [3.8, 4) is 0 Å². The molecule has 7 heteroatoms. The summed E-state index contributed by atoms with van der Waals surface area (Å²) in [7, 11) is 0. The van der Waals surface area contributed by atoms with Gasteiger partial charge in [-0.3, -0.25) is 9.59 Å². The molecule has 168 valence electrons. The van der Waals surface area contributed by atoms with Crippen LogP contribution in [0.1, 0.15) is 25.8 Å². The molecular formula is C26H25ClN4O2. The minimum Gasteiger partial charge on any atom is -0.341 e. The molecule has 0 aliphatic rings. The van der Waals surface area contributed by atoms with Crippen LogP contribution in [0.5, 0.6) is 0 Å². The van der Waals surface area contributed by atoms with E-state index in [1.807, 2.05) is 30.3 Å². The molecule has 0 spiro atoms. The summed E-state index contributed by atoms with van der Waals surface area (Å²) in [6.45, 7) is 4.70. The van der Waals surface area contributed by atoms with E-state index < -0.39 is 0 Å². The first-order valence-electron chi connectivity index (χ1n) is 10.8. The second-order valence-electron chi connectivity index (χ2n) is 7.90. The maximum atomic E-state index is 12.5. The molecule has 2 N–H and O–H groups in total. The zero-order valence-corrected chi connectivity index (χ0v) is 19.3. The van der Waals surface area contributed by atoms with Gasteiger partial charge < -0.3 is 9.88 Å². The number of para-hydroxylation sites is 1. The number of fused-ring (bicyclic) bond motifs is 3. The lowest BCUT2D eigenvalue weighted by atomic mass is 10.1. The first-order valence-corrected chi connectivity index (χ1v) is 11.2. The van der Waals surface area contributed by atoms with Gasteiger partial charge in [-0.25, -0.2) is 5.43 Å². The fraction of sp³-hybridized carbons (Fsp3) is 0.192. The van der Waals surface area contributed by atoms with E-state index in [0.29, 0.717) is 10.7 Å². The number of rotatable bonds is 7. The number of halogens is 1. The summed E-state index contributed by atoms with van der Waals surface area (Å²) in [5.74, 6) is -0.448. The predicted octanol–water partition coefficient (Wildman–Crippen LogP) is 5.53. The number of nitrogens with zero attached hydrogens (tertiary/aromatic N) is 2. The number of hydrogen-bond donors (Lipinski definition) is 2. The fourth-order valence-electron chi connectivity index (χ4n) is 3.93. The molecular weight excluding hydrogens is 436 g/mol. The number of anilines is 1. The van der Waals surface area contributed by atoms with Crippen molar-refractivity contribution in [1.82, 2.24) is 9.99 Å². The van der Waals surface area contributed by atoms with Crippen molar-refractivity contribution < 1.29 is 9.59 Å². The molecule has 4 rings (SSSR count). The van der Waals surface area contributed by atoms with Gasteiger partial charge in [-0.2, -0.15) is 5.10 Å². The molecule has 1 heterocycles. The number of hydrogen-bond acceptors (Lipinski definition) is 3. The Bertz CT molecular complexity index is 1360. The number of aryl methyl sites for hydroxylation is 1. The molecule has 4 aromatic rings. The van der Waals surface area contributed by atoms with Gasteiger partial charge in [0.1, 0.15) is 0 Å². The predicted molar refractivity (Wildman–Crippen MR) is 135 cm³/mol. The molecule has 0 aliphatic carbocycles. The largest absolute Gasteiger partial charge is 0.341 e. The van der Waals surface area contributed by atoms with Crippen LogP contribution in [0.15, 0.2) is 71.8 Å². The van der Waals surface area contributed by atoms with Crippen LogP contribution in [0.25, 0.3) is 21.8 Å². The average Bonchev–Trinajstić information content (AvgIpc) is 3.12. The first kappa shape index (κ1) is 22.6. The Morgan fingerprint density at radius 1 is 0.939 bits per heavy atom. The van der Waals surface area contributed by atoms with E-state index in [-0.39, 0.29) is 24.7 Å². The summed E-state index contributed by atoms with van der Waals surface area (Å²) in [4.78, 5) is 24.6. The Balaban J connectivity index is 1.39. The number of amides is 2. The van der Waals surface area contributed by atoms with Crippen molar-refractivity contribution in [3.05, 3.63) is 77.3 Å². The molecule has 0 unspecified atom stereocenters. The highest BCUT2D eigenvalue weighted by Gasteiger charge is 2.11. The molecule has 0 fully saturated rings. The van der Waals surface area contributed by atoms with Crippen LogP contribution in [0, 0.1) is 0 Å². The van der Waals surface area contributed by atoms with Gasteiger partial charge in [-0.15, -0.1) is 0 Å². The summed E-state index contributed by atoms with van der Waals surface area (Å²) >= 11 is 5.86. The van der Waals surface area contributed by atoms with E-state index in [4.69, 9.17) is 11.6 Å². The van der Waals surface area contributed by atoms with Gasteiger partial charge in [0.2, 0.25) is 11.8 Å². The Morgan fingerprint density at radius 2 is 1.67 bits per heavy atom. The van der Waals surface area contributed by atoms with Gasteiger partial charge in [-0.05, 0) is 55.8 Å². The van der Waals surface area contributed by atoms with Crippen molar-refractivity contribution in [2.45, 2.75) is 33.2 Å². The van der Waals surface area contributed by atoms with E-state index in [1.54, 1.807) is 31.2 Å².